The number of H-pyrrole nitrogens is 1. The van der Waals surface area contributed by atoms with Gasteiger partial charge in [-0.1, -0.05) is 35.9 Å². The molecule has 5 aromatic rings. The molecule has 3 N–H and O–H groups in total. The van der Waals surface area contributed by atoms with Crippen LogP contribution in [0.15, 0.2) is 67.0 Å². The highest BCUT2D eigenvalue weighted by Gasteiger charge is 2.10. The van der Waals surface area contributed by atoms with Gasteiger partial charge in [-0.25, -0.2) is 9.97 Å². The van der Waals surface area contributed by atoms with Gasteiger partial charge in [0.1, 0.15) is 0 Å². The number of para-hydroxylation sites is 1. The molecule has 148 valence electrons. The number of anilines is 3. The van der Waals surface area contributed by atoms with Crippen molar-refractivity contribution >= 4 is 39.5 Å². The van der Waals surface area contributed by atoms with E-state index in [0.717, 1.165) is 17.6 Å². The molecule has 0 amide bonds. The molecule has 0 saturated carbocycles. The standard InChI is InChI=1S/C23H21N7/c1-15-6-8-17(9-7-15)28-22-20-21(25-13-12-24-20)29-23(30-22)26-11-10-18-14-16-4-2-3-5-19(16)27-18/h2-9,12-14,27H,10-11H2,1H3,(H2,25,26,28,29,30). The molecule has 3 aromatic heterocycles. The van der Waals surface area contributed by atoms with Gasteiger partial charge >= 0.3 is 0 Å². The molecular weight excluding hydrogens is 374 g/mol. The van der Waals surface area contributed by atoms with E-state index < -0.39 is 0 Å². The van der Waals surface area contributed by atoms with Gasteiger partial charge in [0.2, 0.25) is 5.95 Å². The molecule has 3 heterocycles. The fraction of sp³-hybridized carbons (Fsp3) is 0.130. The Bertz CT molecular complexity index is 1280. The number of hydrogen-bond donors (Lipinski definition) is 3. The number of hydrogen-bond acceptors (Lipinski definition) is 6. The van der Waals surface area contributed by atoms with Crippen LogP contribution in [0, 0.1) is 6.92 Å². The minimum absolute atomic E-state index is 0.522. The first-order valence-corrected chi connectivity index (χ1v) is 9.87. The van der Waals surface area contributed by atoms with Crippen LogP contribution in [-0.2, 0) is 6.42 Å². The Morgan fingerprint density at radius 2 is 1.77 bits per heavy atom. The van der Waals surface area contributed by atoms with E-state index >= 15 is 0 Å². The molecule has 30 heavy (non-hydrogen) atoms. The second kappa shape index (κ2) is 7.79. The zero-order valence-electron chi connectivity index (χ0n) is 16.6. The molecule has 0 bridgehead atoms. The van der Waals surface area contributed by atoms with Crippen LogP contribution in [0.4, 0.5) is 17.5 Å². The zero-order valence-corrected chi connectivity index (χ0v) is 16.6. The molecule has 0 radical (unpaired) electrons. The number of benzene rings is 2. The smallest absolute Gasteiger partial charge is 0.226 e. The van der Waals surface area contributed by atoms with E-state index in [2.05, 4.69) is 72.8 Å². The molecule has 0 saturated heterocycles. The molecule has 0 fully saturated rings. The van der Waals surface area contributed by atoms with Crippen LogP contribution < -0.4 is 10.6 Å². The first kappa shape index (κ1) is 18.1. The summed E-state index contributed by atoms with van der Waals surface area (Å²) in [5.41, 5.74) is 5.65. The average Bonchev–Trinajstić information content (AvgIpc) is 3.18. The predicted octanol–water partition coefficient (Wildman–Crippen LogP) is 4.61. The molecule has 0 aliphatic carbocycles. The van der Waals surface area contributed by atoms with Crippen molar-refractivity contribution in [2.45, 2.75) is 13.3 Å². The van der Waals surface area contributed by atoms with Gasteiger partial charge in [-0.05, 0) is 36.6 Å². The van der Waals surface area contributed by atoms with Crippen LogP contribution in [0.5, 0.6) is 0 Å². The lowest BCUT2D eigenvalue weighted by atomic mass is 10.2. The number of aromatic amines is 1. The Balaban J connectivity index is 1.36. The summed E-state index contributed by atoms with van der Waals surface area (Å²) in [6.07, 6.45) is 4.12. The Hall–Kier alpha value is -4.00. The van der Waals surface area contributed by atoms with Gasteiger partial charge in [0.05, 0.1) is 0 Å². The van der Waals surface area contributed by atoms with Gasteiger partial charge in [-0.2, -0.15) is 9.97 Å². The largest absolute Gasteiger partial charge is 0.358 e. The third-order valence-electron chi connectivity index (χ3n) is 4.91. The second-order valence-electron chi connectivity index (χ2n) is 7.17. The van der Waals surface area contributed by atoms with Gasteiger partial charge < -0.3 is 15.6 Å². The number of nitrogens with zero attached hydrogens (tertiary/aromatic N) is 4. The molecule has 5 rings (SSSR count). The highest BCUT2D eigenvalue weighted by molar-refractivity contribution is 5.85. The number of nitrogens with one attached hydrogen (secondary N) is 3. The monoisotopic (exact) mass is 395 g/mol. The van der Waals surface area contributed by atoms with Crippen molar-refractivity contribution in [3.63, 3.8) is 0 Å². The number of aromatic nitrogens is 5. The lowest BCUT2D eigenvalue weighted by Gasteiger charge is -2.11. The van der Waals surface area contributed by atoms with Gasteiger partial charge in [-0.3, -0.25) is 0 Å². The fourth-order valence-corrected chi connectivity index (χ4v) is 3.38. The normalized spacial score (nSPS) is 11.1. The summed E-state index contributed by atoms with van der Waals surface area (Å²) in [6.45, 7) is 2.76. The fourth-order valence-electron chi connectivity index (χ4n) is 3.38. The quantitative estimate of drug-likeness (QED) is 0.389. The number of aryl methyl sites for hydroxylation is 1. The van der Waals surface area contributed by atoms with E-state index in [1.54, 1.807) is 12.4 Å². The van der Waals surface area contributed by atoms with E-state index in [1.165, 1.54) is 16.6 Å². The van der Waals surface area contributed by atoms with Crippen LogP contribution in [0.25, 0.3) is 22.1 Å². The molecule has 0 unspecified atom stereocenters. The van der Waals surface area contributed by atoms with Crippen molar-refractivity contribution < 1.29 is 0 Å². The maximum atomic E-state index is 4.65. The molecule has 0 atom stereocenters. The van der Waals surface area contributed by atoms with E-state index in [-0.39, 0.29) is 0 Å². The van der Waals surface area contributed by atoms with Gasteiger partial charge in [0.25, 0.3) is 0 Å². The van der Waals surface area contributed by atoms with E-state index in [9.17, 15) is 0 Å². The van der Waals surface area contributed by atoms with E-state index in [1.807, 2.05) is 24.3 Å². The van der Waals surface area contributed by atoms with Crippen LogP contribution in [0.2, 0.25) is 0 Å². The molecule has 0 spiro atoms. The lowest BCUT2D eigenvalue weighted by molar-refractivity contribution is 0.960. The van der Waals surface area contributed by atoms with E-state index in [0.29, 0.717) is 29.5 Å². The topological polar surface area (TPSA) is 91.4 Å². The average molecular weight is 395 g/mol. The summed E-state index contributed by atoms with van der Waals surface area (Å²) in [6, 6.07) is 18.6. The molecule has 0 aliphatic rings. The third-order valence-corrected chi connectivity index (χ3v) is 4.91. The van der Waals surface area contributed by atoms with Crippen molar-refractivity contribution in [1.29, 1.82) is 0 Å². The summed E-state index contributed by atoms with van der Waals surface area (Å²) in [5.74, 6) is 1.15. The highest BCUT2D eigenvalue weighted by atomic mass is 15.2. The number of rotatable bonds is 6. The van der Waals surface area contributed by atoms with Crippen LogP contribution in [0.3, 0.4) is 0 Å². The maximum Gasteiger partial charge on any atom is 0.226 e. The summed E-state index contributed by atoms with van der Waals surface area (Å²) in [7, 11) is 0. The SMILES string of the molecule is Cc1ccc(Nc2nc(NCCc3cc4ccccc4[nH]3)nc3nccnc23)cc1. The Morgan fingerprint density at radius 3 is 2.63 bits per heavy atom. The summed E-state index contributed by atoms with van der Waals surface area (Å²) in [5, 5.41) is 7.87. The van der Waals surface area contributed by atoms with Gasteiger partial charge in [0, 0.05) is 42.3 Å². The Morgan fingerprint density at radius 1 is 0.933 bits per heavy atom. The van der Waals surface area contributed by atoms with Crippen molar-refractivity contribution in [3.8, 4) is 0 Å². The number of fused-ring (bicyclic) bond motifs is 2. The maximum absolute atomic E-state index is 4.65. The first-order valence-electron chi connectivity index (χ1n) is 9.87. The lowest BCUT2D eigenvalue weighted by Crippen LogP contribution is -2.10. The van der Waals surface area contributed by atoms with Crippen LogP contribution >= 0.6 is 0 Å². The molecule has 7 heteroatoms. The second-order valence-corrected chi connectivity index (χ2v) is 7.17. The zero-order chi connectivity index (χ0) is 20.3. The molecule has 0 aliphatic heterocycles. The third kappa shape index (κ3) is 3.77. The van der Waals surface area contributed by atoms with E-state index in [4.69, 9.17) is 0 Å². The molecule has 7 nitrogen and oxygen atoms in total. The van der Waals surface area contributed by atoms with Crippen LogP contribution in [-0.4, -0.2) is 31.5 Å². The minimum atomic E-state index is 0.522. The van der Waals surface area contributed by atoms with Gasteiger partial charge in [-0.15, -0.1) is 0 Å². The van der Waals surface area contributed by atoms with Crippen molar-refractivity contribution in [2.24, 2.45) is 0 Å². The molecular formula is C23H21N7. The summed E-state index contributed by atoms with van der Waals surface area (Å²) < 4.78 is 0. The summed E-state index contributed by atoms with van der Waals surface area (Å²) >= 11 is 0. The predicted molar refractivity (Wildman–Crippen MR) is 120 cm³/mol. The molecule has 2 aromatic carbocycles. The first-order chi connectivity index (χ1) is 14.7. The summed E-state index contributed by atoms with van der Waals surface area (Å²) in [4.78, 5) is 21.4. The van der Waals surface area contributed by atoms with Crippen molar-refractivity contribution in [3.05, 3.63) is 78.2 Å². The Labute approximate surface area is 173 Å². The van der Waals surface area contributed by atoms with Crippen LogP contribution in [0.1, 0.15) is 11.3 Å². The highest BCUT2D eigenvalue weighted by Crippen LogP contribution is 2.23. The Kier molecular flexibility index (Phi) is 4.69. The van der Waals surface area contributed by atoms with Gasteiger partial charge in [0.15, 0.2) is 17.0 Å². The van der Waals surface area contributed by atoms with Crippen molar-refractivity contribution in [2.75, 3.05) is 17.2 Å². The van der Waals surface area contributed by atoms with Crippen molar-refractivity contribution in [1.82, 2.24) is 24.9 Å². The minimum Gasteiger partial charge on any atom is -0.358 e.